The van der Waals surface area contributed by atoms with E-state index in [2.05, 4.69) is 0 Å². The molecule has 1 aliphatic rings. The van der Waals surface area contributed by atoms with Gasteiger partial charge in [0.15, 0.2) is 9.84 Å². The molecular weight excluding hydrogens is 290 g/mol. The summed E-state index contributed by atoms with van der Waals surface area (Å²) in [6.07, 6.45) is 1.25. The van der Waals surface area contributed by atoms with Crippen LogP contribution >= 0.6 is 0 Å². The zero-order valence-corrected chi connectivity index (χ0v) is 13.4. The third kappa shape index (κ3) is 3.96. The Bertz CT molecular complexity index is 562. The van der Waals surface area contributed by atoms with Gasteiger partial charge in [-0.05, 0) is 24.3 Å². The lowest BCUT2D eigenvalue weighted by molar-refractivity contribution is -0.0572. The van der Waals surface area contributed by atoms with Gasteiger partial charge >= 0.3 is 0 Å². The normalized spacial score (nSPS) is 18.4. The standard InChI is InChI=1S/C15H23NO4S/c1-3-21(18,19)14-6-4-13(5-7-14)16(2)12-15(17)8-10-20-11-9-15/h4-7,17H,3,8-12H2,1-2H3. The largest absolute Gasteiger partial charge is 0.388 e. The second kappa shape index (κ2) is 6.34. The molecule has 0 unspecified atom stereocenters. The maximum atomic E-state index is 11.8. The molecule has 0 spiro atoms. The number of hydrogen-bond acceptors (Lipinski definition) is 5. The Labute approximate surface area is 126 Å². The van der Waals surface area contributed by atoms with E-state index < -0.39 is 15.4 Å². The van der Waals surface area contributed by atoms with Gasteiger partial charge in [-0.15, -0.1) is 0 Å². The molecule has 0 aliphatic carbocycles. The fraction of sp³-hybridized carbons (Fsp3) is 0.600. The third-order valence-corrected chi connectivity index (χ3v) is 5.72. The van der Waals surface area contributed by atoms with Crippen LogP contribution < -0.4 is 4.90 Å². The number of rotatable bonds is 5. The molecule has 0 amide bonds. The molecular formula is C15H23NO4S. The van der Waals surface area contributed by atoms with Gasteiger partial charge < -0.3 is 14.7 Å². The second-order valence-electron chi connectivity index (χ2n) is 5.59. The zero-order valence-electron chi connectivity index (χ0n) is 12.6. The first kappa shape index (κ1) is 16.3. The molecule has 21 heavy (non-hydrogen) atoms. The SMILES string of the molecule is CCS(=O)(=O)c1ccc(N(C)CC2(O)CCOCC2)cc1. The first-order valence-electron chi connectivity index (χ1n) is 7.20. The predicted molar refractivity (Wildman–Crippen MR) is 82.4 cm³/mol. The van der Waals surface area contributed by atoms with Crippen LogP contribution in [-0.4, -0.2) is 51.7 Å². The van der Waals surface area contributed by atoms with Crippen molar-refractivity contribution in [3.8, 4) is 0 Å². The third-order valence-electron chi connectivity index (χ3n) is 3.97. The van der Waals surface area contributed by atoms with E-state index in [4.69, 9.17) is 4.74 Å². The van der Waals surface area contributed by atoms with Crippen molar-refractivity contribution in [2.75, 3.05) is 37.5 Å². The summed E-state index contributed by atoms with van der Waals surface area (Å²) in [6.45, 7) is 3.31. The molecule has 1 saturated heterocycles. The van der Waals surface area contributed by atoms with Gasteiger partial charge in [0.1, 0.15) is 0 Å². The molecule has 1 fully saturated rings. The van der Waals surface area contributed by atoms with Gasteiger partial charge in [0.25, 0.3) is 0 Å². The van der Waals surface area contributed by atoms with Crippen molar-refractivity contribution < 1.29 is 18.3 Å². The minimum Gasteiger partial charge on any atom is -0.388 e. The molecule has 5 nitrogen and oxygen atoms in total. The number of anilines is 1. The molecule has 0 bridgehead atoms. The topological polar surface area (TPSA) is 66.8 Å². The average molecular weight is 313 g/mol. The van der Waals surface area contributed by atoms with Crippen LogP contribution in [0.25, 0.3) is 0 Å². The van der Waals surface area contributed by atoms with Crippen molar-refractivity contribution >= 4 is 15.5 Å². The fourth-order valence-electron chi connectivity index (χ4n) is 2.52. The van der Waals surface area contributed by atoms with E-state index in [0.717, 1.165) is 5.69 Å². The van der Waals surface area contributed by atoms with Crippen molar-refractivity contribution in [1.82, 2.24) is 0 Å². The molecule has 1 aliphatic heterocycles. The number of ether oxygens (including phenoxy) is 1. The smallest absolute Gasteiger partial charge is 0.178 e. The summed E-state index contributed by atoms with van der Waals surface area (Å²) in [5.74, 6) is 0.0991. The Morgan fingerprint density at radius 1 is 1.24 bits per heavy atom. The van der Waals surface area contributed by atoms with E-state index in [1.54, 1.807) is 31.2 Å². The number of hydrogen-bond donors (Lipinski definition) is 1. The molecule has 1 aromatic carbocycles. The van der Waals surface area contributed by atoms with Crippen LogP contribution in [-0.2, 0) is 14.6 Å². The Morgan fingerprint density at radius 3 is 2.33 bits per heavy atom. The summed E-state index contributed by atoms with van der Waals surface area (Å²) in [6, 6.07) is 6.81. The van der Waals surface area contributed by atoms with Crippen LogP contribution in [0.15, 0.2) is 29.2 Å². The molecule has 0 radical (unpaired) electrons. The quantitative estimate of drug-likeness (QED) is 0.891. The maximum absolute atomic E-state index is 11.8. The van der Waals surface area contributed by atoms with E-state index in [9.17, 15) is 13.5 Å². The Balaban J connectivity index is 2.08. The highest BCUT2D eigenvalue weighted by atomic mass is 32.2. The summed E-state index contributed by atoms with van der Waals surface area (Å²) in [5.41, 5.74) is 0.159. The highest BCUT2D eigenvalue weighted by molar-refractivity contribution is 7.91. The van der Waals surface area contributed by atoms with Crippen LogP contribution in [0.3, 0.4) is 0 Å². The Hall–Kier alpha value is -1.11. The van der Waals surface area contributed by atoms with Crippen LogP contribution in [0.4, 0.5) is 5.69 Å². The van der Waals surface area contributed by atoms with Gasteiger partial charge in [-0.1, -0.05) is 6.92 Å². The summed E-state index contributed by atoms with van der Waals surface area (Å²) in [4.78, 5) is 2.29. The zero-order chi connectivity index (χ0) is 15.5. The number of likely N-dealkylation sites (N-methyl/N-ethyl adjacent to an activating group) is 1. The summed E-state index contributed by atoms with van der Waals surface area (Å²) >= 11 is 0. The molecule has 6 heteroatoms. The molecule has 0 aromatic heterocycles. The minimum absolute atomic E-state index is 0.0991. The van der Waals surface area contributed by atoms with Crippen molar-refractivity contribution in [2.24, 2.45) is 0 Å². The highest BCUT2D eigenvalue weighted by Crippen LogP contribution is 2.25. The molecule has 1 N–H and O–H groups in total. The number of aliphatic hydroxyl groups is 1. The molecule has 1 heterocycles. The van der Waals surface area contributed by atoms with E-state index in [1.807, 2.05) is 11.9 Å². The van der Waals surface area contributed by atoms with E-state index in [0.29, 0.717) is 37.5 Å². The van der Waals surface area contributed by atoms with Gasteiger partial charge in [0.05, 0.1) is 16.2 Å². The van der Waals surface area contributed by atoms with Gasteiger partial charge in [-0.25, -0.2) is 8.42 Å². The lowest BCUT2D eigenvalue weighted by Crippen LogP contribution is -2.45. The molecule has 118 valence electrons. The van der Waals surface area contributed by atoms with Crippen LogP contribution in [0.1, 0.15) is 19.8 Å². The first-order valence-corrected chi connectivity index (χ1v) is 8.86. The van der Waals surface area contributed by atoms with Gasteiger partial charge in [0.2, 0.25) is 0 Å². The maximum Gasteiger partial charge on any atom is 0.178 e. The van der Waals surface area contributed by atoms with Gasteiger partial charge in [-0.3, -0.25) is 0 Å². The van der Waals surface area contributed by atoms with Crippen LogP contribution in [0.2, 0.25) is 0 Å². The van der Waals surface area contributed by atoms with Crippen molar-refractivity contribution in [1.29, 1.82) is 0 Å². The summed E-state index contributed by atoms with van der Waals surface area (Å²) in [5, 5.41) is 10.5. The predicted octanol–water partition coefficient (Wildman–Crippen LogP) is 1.46. The van der Waals surface area contributed by atoms with E-state index in [-0.39, 0.29) is 5.75 Å². The fourth-order valence-corrected chi connectivity index (χ4v) is 3.40. The minimum atomic E-state index is -3.16. The van der Waals surface area contributed by atoms with Crippen LogP contribution in [0, 0.1) is 0 Å². The number of nitrogens with zero attached hydrogens (tertiary/aromatic N) is 1. The first-order chi connectivity index (χ1) is 9.86. The summed E-state index contributed by atoms with van der Waals surface area (Å²) in [7, 11) is -1.26. The van der Waals surface area contributed by atoms with Gasteiger partial charge in [0, 0.05) is 45.3 Å². The number of sulfone groups is 1. The lowest BCUT2D eigenvalue weighted by atomic mass is 9.94. The van der Waals surface area contributed by atoms with E-state index >= 15 is 0 Å². The molecule has 1 aromatic rings. The van der Waals surface area contributed by atoms with Crippen molar-refractivity contribution in [3.05, 3.63) is 24.3 Å². The highest BCUT2D eigenvalue weighted by Gasteiger charge is 2.31. The van der Waals surface area contributed by atoms with E-state index in [1.165, 1.54) is 0 Å². The molecule has 0 atom stereocenters. The second-order valence-corrected chi connectivity index (χ2v) is 7.87. The van der Waals surface area contributed by atoms with Crippen molar-refractivity contribution in [2.45, 2.75) is 30.3 Å². The van der Waals surface area contributed by atoms with Crippen LogP contribution in [0.5, 0.6) is 0 Å². The number of benzene rings is 1. The molecule has 0 saturated carbocycles. The Morgan fingerprint density at radius 2 is 1.81 bits per heavy atom. The summed E-state index contributed by atoms with van der Waals surface area (Å²) < 4.78 is 28.8. The van der Waals surface area contributed by atoms with Gasteiger partial charge in [-0.2, -0.15) is 0 Å². The lowest BCUT2D eigenvalue weighted by Gasteiger charge is -2.36. The Kier molecular flexibility index (Phi) is 4.91. The molecule has 2 rings (SSSR count). The van der Waals surface area contributed by atoms with Crippen molar-refractivity contribution in [3.63, 3.8) is 0 Å². The monoisotopic (exact) mass is 313 g/mol. The average Bonchev–Trinajstić information content (AvgIpc) is 2.47.